The molecule has 0 unspecified atom stereocenters. The molecule has 6 nitrogen and oxygen atoms in total. The summed E-state index contributed by atoms with van der Waals surface area (Å²) >= 11 is 0. The van der Waals surface area contributed by atoms with Crippen LogP contribution in [0, 0.1) is 0 Å². The van der Waals surface area contributed by atoms with E-state index in [4.69, 9.17) is 30.0 Å². The molecule has 2 rings (SSSR count). The molecular formula is C12H24O6. The van der Waals surface area contributed by atoms with Crippen LogP contribution < -0.4 is 0 Å². The minimum atomic E-state index is -1.83. The molecule has 2 aliphatic rings. The Hall–Kier alpha value is -1.46. The lowest BCUT2D eigenvalue weighted by Crippen LogP contribution is -1.81. The van der Waals surface area contributed by atoms with E-state index < -0.39 is 12.3 Å². The molecule has 108 valence electrons. The molecule has 2 aliphatic carbocycles. The van der Waals surface area contributed by atoms with Crippen molar-refractivity contribution in [3.05, 3.63) is 0 Å². The molecule has 0 saturated heterocycles. The number of carbonyl (C=O) groups is 2. The first kappa shape index (κ1) is 18.9. The summed E-state index contributed by atoms with van der Waals surface area (Å²) in [6.07, 6.45) is 11.3. The number of hydrogen-bond donors (Lipinski definition) is 4. The van der Waals surface area contributed by atoms with Crippen LogP contribution in [0.3, 0.4) is 0 Å². The van der Waals surface area contributed by atoms with E-state index in [1.807, 2.05) is 0 Å². The van der Waals surface area contributed by atoms with Crippen LogP contribution in [0.4, 0.5) is 9.59 Å². The maximum atomic E-state index is 8.56. The van der Waals surface area contributed by atoms with Gasteiger partial charge in [-0.1, -0.05) is 64.2 Å². The van der Waals surface area contributed by atoms with Crippen LogP contribution in [0.25, 0.3) is 0 Å². The second-order valence-electron chi connectivity index (χ2n) is 4.10. The Bertz CT molecular complexity index is 152. The van der Waals surface area contributed by atoms with E-state index in [1.54, 1.807) is 0 Å². The predicted octanol–water partition coefficient (Wildman–Crippen LogP) is 4.35. The summed E-state index contributed by atoms with van der Waals surface area (Å²) in [7, 11) is 0. The second kappa shape index (κ2) is 15.5. The van der Waals surface area contributed by atoms with Gasteiger partial charge < -0.3 is 20.4 Å². The van der Waals surface area contributed by atoms with Gasteiger partial charge in [0.25, 0.3) is 0 Å². The Morgan fingerprint density at radius 1 is 0.444 bits per heavy atom. The molecule has 18 heavy (non-hydrogen) atoms. The highest BCUT2D eigenvalue weighted by Gasteiger charge is 1.95. The van der Waals surface area contributed by atoms with Crippen LogP contribution in [-0.4, -0.2) is 32.7 Å². The third-order valence-electron chi connectivity index (χ3n) is 2.50. The summed E-state index contributed by atoms with van der Waals surface area (Å²) in [5.41, 5.74) is 0. The molecule has 0 amide bonds. The maximum absolute atomic E-state index is 8.56. The molecule has 0 aliphatic heterocycles. The molecule has 0 radical (unpaired) electrons. The van der Waals surface area contributed by atoms with Gasteiger partial charge in [-0.15, -0.1) is 0 Å². The monoisotopic (exact) mass is 264 g/mol. The molecule has 0 aromatic carbocycles. The highest BCUT2D eigenvalue weighted by Crippen LogP contribution is 2.15. The zero-order valence-corrected chi connectivity index (χ0v) is 10.7. The lowest BCUT2D eigenvalue weighted by molar-refractivity contribution is 0.135. The Morgan fingerprint density at radius 3 is 0.556 bits per heavy atom. The van der Waals surface area contributed by atoms with Crippen molar-refractivity contribution in [1.82, 2.24) is 0 Å². The number of hydrogen-bond acceptors (Lipinski definition) is 2. The fourth-order valence-electron chi connectivity index (χ4n) is 1.77. The number of rotatable bonds is 0. The summed E-state index contributed by atoms with van der Waals surface area (Å²) in [5, 5.41) is 27.9. The summed E-state index contributed by atoms with van der Waals surface area (Å²) in [4.78, 5) is 17.1. The van der Waals surface area contributed by atoms with Gasteiger partial charge in [-0.05, 0) is 0 Å². The first-order valence-corrected chi connectivity index (χ1v) is 6.30. The van der Waals surface area contributed by atoms with E-state index in [9.17, 15) is 0 Å². The molecule has 0 aromatic heterocycles. The first-order chi connectivity index (χ1) is 8.46. The third kappa shape index (κ3) is 36.5. The quantitative estimate of drug-likeness (QED) is 0.517. The van der Waals surface area contributed by atoms with E-state index in [-0.39, 0.29) is 0 Å². The van der Waals surface area contributed by atoms with E-state index >= 15 is 0 Å². The second-order valence-corrected chi connectivity index (χ2v) is 4.10. The largest absolute Gasteiger partial charge is 0.503 e. The van der Waals surface area contributed by atoms with Crippen LogP contribution >= 0.6 is 0 Å². The molecule has 0 bridgehead atoms. The molecule has 2 saturated carbocycles. The van der Waals surface area contributed by atoms with Gasteiger partial charge in [0.2, 0.25) is 0 Å². The fourth-order valence-corrected chi connectivity index (χ4v) is 1.77. The Labute approximate surface area is 107 Å². The molecule has 2 fully saturated rings. The van der Waals surface area contributed by atoms with Gasteiger partial charge >= 0.3 is 12.3 Å². The van der Waals surface area contributed by atoms with Gasteiger partial charge in [-0.2, -0.15) is 0 Å². The predicted molar refractivity (Wildman–Crippen MR) is 67.5 cm³/mol. The van der Waals surface area contributed by atoms with Crippen molar-refractivity contribution in [2.75, 3.05) is 0 Å². The van der Waals surface area contributed by atoms with E-state index in [1.165, 1.54) is 64.2 Å². The Morgan fingerprint density at radius 2 is 0.500 bits per heavy atom. The molecule has 4 N–H and O–H groups in total. The van der Waals surface area contributed by atoms with Crippen LogP contribution in [0.2, 0.25) is 0 Å². The Kier molecular flexibility index (Phi) is 16.3. The molecule has 0 heterocycles. The van der Waals surface area contributed by atoms with Gasteiger partial charge in [-0.3, -0.25) is 0 Å². The topological polar surface area (TPSA) is 115 Å². The highest BCUT2D eigenvalue weighted by atomic mass is 16.6. The van der Waals surface area contributed by atoms with Crippen LogP contribution in [0.1, 0.15) is 64.2 Å². The summed E-state index contributed by atoms with van der Waals surface area (Å²) < 4.78 is 0. The average molecular weight is 264 g/mol. The minimum Gasteiger partial charge on any atom is -0.450 e. The van der Waals surface area contributed by atoms with Crippen molar-refractivity contribution < 1.29 is 30.0 Å². The Balaban J connectivity index is 0. The molecular weight excluding hydrogens is 240 g/mol. The fraction of sp³-hybridized carbons (Fsp3) is 0.833. The summed E-state index contributed by atoms with van der Waals surface area (Å²) in [5.74, 6) is 0. The lowest BCUT2D eigenvalue weighted by Gasteiger charge is -1.67. The van der Waals surface area contributed by atoms with Crippen LogP contribution in [0.15, 0.2) is 0 Å². The van der Waals surface area contributed by atoms with Crippen molar-refractivity contribution in [2.45, 2.75) is 64.2 Å². The van der Waals surface area contributed by atoms with E-state index in [2.05, 4.69) is 0 Å². The van der Waals surface area contributed by atoms with Gasteiger partial charge in [0.15, 0.2) is 0 Å². The van der Waals surface area contributed by atoms with E-state index in [0.29, 0.717) is 0 Å². The molecule has 0 aromatic rings. The van der Waals surface area contributed by atoms with Gasteiger partial charge in [0, 0.05) is 0 Å². The summed E-state index contributed by atoms with van der Waals surface area (Å²) in [6, 6.07) is 0. The maximum Gasteiger partial charge on any atom is 0.503 e. The lowest BCUT2D eigenvalue weighted by atomic mass is 10.4. The van der Waals surface area contributed by atoms with Crippen molar-refractivity contribution in [3.8, 4) is 0 Å². The van der Waals surface area contributed by atoms with Gasteiger partial charge in [0.05, 0.1) is 0 Å². The molecule has 0 atom stereocenters. The van der Waals surface area contributed by atoms with Crippen molar-refractivity contribution in [1.29, 1.82) is 0 Å². The zero-order chi connectivity index (χ0) is 14.2. The zero-order valence-electron chi connectivity index (χ0n) is 10.7. The molecule has 0 spiro atoms. The van der Waals surface area contributed by atoms with Gasteiger partial charge in [-0.25, -0.2) is 9.59 Å². The van der Waals surface area contributed by atoms with Crippen molar-refractivity contribution >= 4 is 12.3 Å². The molecule has 6 heteroatoms. The third-order valence-corrected chi connectivity index (χ3v) is 2.50. The van der Waals surface area contributed by atoms with Crippen LogP contribution in [0.5, 0.6) is 0 Å². The smallest absolute Gasteiger partial charge is 0.450 e. The minimum absolute atomic E-state index is 1.50. The normalized spacial score (nSPS) is 16.0. The van der Waals surface area contributed by atoms with Crippen molar-refractivity contribution in [3.63, 3.8) is 0 Å². The van der Waals surface area contributed by atoms with Crippen molar-refractivity contribution in [2.24, 2.45) is 0 Å². The SMILES string of the molecule is C1CCCC1.C1CCCC1.O=C(O)O.O=C(O)O. The first-order valence-electron chi connectivity index (χ1n) is 6.30. The van der Waals surface area contributed by atoms with E-state index in [0.717, 1.165) is 0 Å². The standard InChI is InChI=1S/2C5H10.2CH2O3/c2*1-2-4-5-3-1;2*2-1(3)4/h2*1-5H2;2*(H2,2,3,4). The number of carboxylic acid groups (broad SMARTS) is 4. The summed E-state index contributed by atoms with van der Waals surface area (Å²) in [6.45, 7) is 0. The average Bonchev–Trinajstić information content (AvgIpc) is 2.96. The van der Waals surface area contributed by atoms with Gasteiger partial charge in [0.1, 0.15) is 0 Å². The highest BCUT2D eigenvalue weighted by molar-refractivity contribution is 5.53. The van der Waals surface area contributed by atoms with Crippen LogP contribution in [-0.2, 0) is 0 Å².